The highest BCUT2D eigenvalue weighted by Gasteiger charge is 2.17. The molecule has 0 amide bonds. The van der Waals surface area contributed by atoms with Crippen molar-refractivity contribution in [2.45, 2.75) is 38.3 Å². The minimum Gasteiger partial charge on any atom is -0.377 e. The van der Waals surface area contributed by atoms with Gasteiger partial charge in [0.05, 0.1) is 24.0 Å². The van der Waals surface area contributed by atoms with E-state index >= 15 is 0 Å². The summed E-state index contributed by atoms with van der Waals surface area (Å²) < 4.78 is 15.5. The second-order valence-corrected chi connectivity index (χ2v) is 5.06. The molecule has 100 valence electrons. The molecule has 19 heavy (non-hydrogen) atoms. The van der Waals surface area contributed by atoms with Gasteiger partial charge in [0.15, 0.2) is 0 Å². The number of aromatic nitrogens is 2. The van der Waals surface area contributed by atoms with Gasteiger partial charge >= 0.3 is 0 Å². The van der Waals surface area contributed by atoms with E-state index in [1.54, 1.807) is 12.1 Å². The lowest BCUT2D eigenvalue weighted by molar-refractivity contribution is 0.463. The highest BCUT2D eigenvalue weighted by molar-refractivity contribution is 5.44. The first-order chi connectivity index (χ1) is 9.33. The summed E-state index contributed by atoms with van der Waals surface area (Å²) in [7, 11) is 0. The lowest BCUT2D eigenvalue weighted by Crippen LogP contribution is -2.07. The van der Waals surface area contributed by atoms with Crippen LogP contribution in [0.25, 0.3) is 0 Å². The molecular weight excluding hydrogens is 241 g/mol. The Balaban J connectivity index is 1.63. The highest BCUT2D eigenvalue weighted by Crippen LogP contribution is 2.28. The summed E-state index contributed by atoms with van der Waals surface area (Å²) in [4.78, 5) is 0. The lowest BCUT2D eigenvalue weighted by atomic mass is 10.3. The first-order valence-electron chi connectivity index (χ1n) is 6.85. The molecule has 1 fully saturated rings. The van der Waals surface area contributed by atoms with E-state index in [4.69, 9.17) is 0 Å². The molecule has 0 radical (unpaired) electrons. The van der Waals surface area contributed by atoms with Crippen LogP contribution in [0.3, 0.4) is 0 Å². The molecule has 1 N–H and O–H groups in total. The fourth-order valence-corrected chi connectivity index (χ4v) is 2.63. The molecule has 1 heterocycles. The monoisotopic (exact) mass is 259 g/mol. The summed E-state index contributed by atoms with van der Waals surface area (Å²) in [5.41, 5.74) is 1.48. The number of nitrogens with zero attached hydrogens (tertiary/aromatic N) is 2. The van der Waals surface area contributed by atoms with Crippen LogP contribution >= 0.6 is 0 Å². The summed E-state index contributed by atoms with van der Waals surface area (Å²) in [5.74, 6) is -0.224. The van der Waals surface area contributed by atoms with Crippen molar-refractivity contribution in [2.75, 3.05) is 5.32 Å². The Bertz CT molecular complexity index is 544. The normalized spacial score (nSPS) is 15.8. The Kier molecular flexibility index (Phi) is 3.49. The van der Waals surface area contributed by atoms with Gasteiger partial charge in [0, 0.05) is 6.20 Å². The van der Waals surface area contributed by atoms with Crippen LogP contribution in [-0.2, 0) is 6.54 Å². The molecule has 0 aliphatic heterocycles. The predicted octanol–water partition coefficient (Wildman–Crippen LogP) is 3.75. The zero-order valence-electron chi connectivity index (χ0n) is 10.8. The first-order valence-corrected chi connectivity index (χ1v) is 6.85. The molecule has 3 nitrogen and oxygen atoms in total. The van der Waals surface area contributed by atoms with Crippen LogP contribution in [0, 0.1) is 5.82 Å². The molecule has 1 aromatic heterocycles. The number of nitrogens with one attached hydrogen (secondary N) is 1. The maximum absolute atomic E-state index is 13.5. The number of benzene rings is 1. The second kappa shape index (κ2) is 5.43. The molecule has 1 aromatic carbocycles. The Morgan fingerprint density at radius 3 is 2.79 bits per heavy atom. The fraction of sp³-hybridized carbons (Fsp3) is 0.400. The van der Waals surface area contributed by atoms with Gasteiger partial charge in [-0.05, 0) is 31.0 Å². The molecule has 0 spiro atoms. The first kappa shape index (κ1) is 12.2. The molecule has 2 aromatic rings. The summed E-state index contributed by atoms with van der Waals surface area (Å²) in [6.45, 7) is 0.556. The van der Waals surface area contributed by atoms with E-state index in [1.165, 1.54) is 31.7 Å². The third kappa shape index (κ3) is 2.78. The predicted molar refractivity (Wildman–Crippen MR) is 73.5 cm³/mol. The smallest absolute Gasteiger partial charge is 0.146 e. The molecule has 0 atom stereocenters. The summed E-state index contributed by atoms with van der Waals surface area (Å²) in [6, 6.07) is 9.27. The van der Waals surface area contributed by atoms with Gasteiger partial charge in [-0.1, -0.05) is 25.0 Å². The van der Waals surface area contributed by atoms with Gasteiger partial charge in [-0.25, -0.2) is 4.39 Å². The number of halogens is 1. The Morgan fingerprint density at radius 2 is 2.00 bits per heavy atom. The maximum Gasteiger partial charge on any atom is 0.146 e. The Morgan fingerprint density at radius 1 is 1.21 bits per heavy atom. The van der Waals surface area contributed by atoms with Gasteiger partial charge in [0.2, 0.25) is 0 Å². The Labute approximate surface area is 112 Å². The summed E-state index contributed by atoms with van der Waals surface area (Å²) >= 11 is 0. The van der Waals surface area contributed by atoms with E-state index in [-0.39, 0.29) is 5.82 Å². The molecule has 1 aliphatic carbocycles. The standard InChI is InChI=1S/C15H18FN3/c16-14-7-3-4-8-15(14)17-11-12-9-10-19(18-12)13-5-1-2-6-13/h3-4,7-10,13,17H,1-2,5-6,11H2. The quantitative estimate of drug-likeness (QED) is 0.906. The number of hydrogen-bond donors (Lipinski definition) is 1. The average Bonchev–Trinajstić information content (AvgIpc) is 3.09. The number of hydrogen-bond acceptors (Lipinski definition) is 2. The van der Waals surface area contributed by atoms with Gasteiger partial charge in [-0.15, -0.1) is 0 Å². The molecule has 0 saturated heterocycles. The van der Waals surface area contributed by atoms with Crippen LogP contribution in [0.2, 0.25) is 0 Å². The van der Waals surface area contributed by atoms with Crippen molar-refractivity contribution < 1.29 is 4.39 Å². The highest BCUT2D eigenvalue weighted by atomic mass is 19.1. The van der Waals surface area contributed by atoms with Gasteiger partial charge in [-0.3, -0.25) is 4.68 Å². The minimum atomic E-state index is -0.224. The summed E-state index contributed by atoms with van der Waals surface area (Å²) in [6.07, 6.45) is 7.08. The minimum absolute atomic E-state index is 0.224. The molecule has 1 saturated carbocycles. The second-order valence-electron chi connectivity index (χ2n) is 5.06. The molecule has 0 bridgehead atoms. The topological polar surface area (TPSA) is 29.9 Å². The largest absolute Gasteiger partial charge is 0.377 e. The van der Waals surface area contributed by atoms with E-state index in [9.17, 15) is 4.39 Å². The van der Waals surface area contributed by atoms with E-state index in [0.717, 1.165) is 5.69 Å². The molecule has 1 aliphatic rings. The molecule has 4 heteroatoms. The van der Waals surface area contributed by atoms with Crippen LogP contribution in [0.1, 0.15) is 37.4 Å². The number of para-hydroxylation sites is 1. The van der Waals surface area contributed by atoms with Gasteiger partial charge in [0.1, 0.15) is 5.82 Å². The van der Waals surface area contributed by atoms with Crippen molar-refractivity contribution in [3.63, 3.8) is 0 Å². The van der Waals surface area contributed by atoms with Crippen molar-refractivity contribution in [3.8, 4) is 0 Å². The van der Waals surface area contributed by atoms with E-state index in [0.29, 0.717) is 18.3 Å². The fourth-order valence-electron chi connectivity index (χ4n) is 2.63. The van der Waals surface area contributed by atoms with Crippen molar-refractivity contribution in [1.82, 2.24) is 9.78 Å². The zero-order valence-corrected chi connectivity index (χ0v) is 10.8. The van der Waals surface area contributed by atoms with Crippen molar-refractivity contribution >= 4 is 5.69 Å². The van der Waals surface area contributed by atoms with Crippen molar-refractivity contribution in [2.24, 2.45) is 0 Å². The molecule has 3 rings (SSSR count). The molecular formula is C15H18FN3. The third-order valence-electron chi connectivity index (χ3n) is 3.70. The van der Waals surface area contributed by atoms with Gasteiger partial charge < -0.3 is 5.32 Å². The van der Waals surface area contributed by atoms with E-state index in [2.05, 4.69) is 15.1 Å². The van der Waals surface area contributed by atoms with E-state index in [1.807, 2.05) is 18.3 Å². The third-order valence-corrected chi connectivity index (χ3v) is 3.70. The number of rotatable bonds is 4. The van der Waals surface area contributed by atoms with Crippen LogP contribution in [-0.4, -0.2) is 9.78 Å². The number of anilines is 1. The van der Waals surface area contributed by atoms with E-state index < -0.39 is 0 Å². The van der Waals surface area contributed by atoms with Crippen molar-refractivity contribution in [3.05, 3.63) is 48.0 Å². The summed E-state index contributed by atoms with van der Waals surface area (Å²) in [5, 5.41) is 7.65. The van der Waals surface area contributed by atoms with Crippen LogP contribution < -0.4 is 5.32 Å². The van der Waals surface area contributed by atoms with Crippen molar-refractivity contribution in [1.29, 1.82) is 0 Å². The average molecular weight is 259 g/mol. The SMILES string of the molecule is Fc1ccccc1NCc1ccn(C2CCCC2)n1. The van der Waals surface area contributed by atoms with Crippen LogP contribution in [0.4, 0.5) is 10.1 Å². The van der Waals surface area contributed by atoms with Crippen LogP contribution in [0.5, 0.6) is 0 Å². The maximum atomic E-state index is 13.5. The molecule has 0 unspecified atom stereocenters. The van der Waals surface area contributed by atoms with Gasteiger partial charge in [0.25, 0.3) is 0 Å². The van der Waals surface area contributed by atoms with Gasteiger partial charge in [-0.2, -0.15) is 5.10 Å². The Hall–Kier alpha value is -1.84. The zero-order chi connectivity index (χ0) is 13.1. The lowest BCUT2D eigenvalue weighted by Gasteiger charge is -2.09. The van der Waals surface area contributed by atoms with Crippen LogP contribution in [0.15, 0.2) is 36.5 Å².